The highest BCUT2D eigenvalue weighted by molar-refractivity contribution is 5.90. The summed E-state index contributed by atoms with van der Waals surface area (Å²) in [5.41, 5.74) is 3.46. The van der Waals surface area contributed by atoms with Gasteiger partial charge in [-0.3, -0.25) is 5.10 Å². The van der Waals surface area contributed by atoms with E-state index in [-0.39, 0.29) is 0 Å². The minimum absolute atomic E-state index is 0.555. The van der Waals surface area contributed by atoms with E-state index in [4.69, 9.17) is 0 Å². The molecule has 2 aromatic rings. The Labute approximate surface area is 113 Å². The van der Waals surface area contributed by atoms with Crippen molar-refractivity contribution in [3.05, 3.63) is 18.0 Å². The van der Waals surface area contributed by atoms with Crippen molar-refractivity contribution in [2.75, 3.05) is 25.0 Å². The Bertz CT molecular complexity index is 556. The highest BCUT2D eigenvalue weighted by atomic mass is 15.2. The van der Waals surface area contributed by atoms with Gasteiger partial charge in [0.05, 0.1) is 17.3 Å². The standard InChI is InChI=1S/C14H21N5/c1-3-10-7-16-14-12(9-17-18-14)13(10)19(2)11-5-4-6-15-8-11/h7,9,11,15H,3-6,8H2,1-2H3,(H,16,17,18). The Morgan fingerprint density at radius 2 is 2.32 bits per heavy atom. The van der Waals surface area contributed by atoms with Crippen molar-refractivity contribution in [2.24, 2.45) is 0 Å². The molecular formula is C14H21N5. The molecule has 3 heterocycles. The Balaban J connectivity index is 2.03. The summed E-state index contributed by atoms with van der Waals surface area (Å²) in [6.45, 7) is 4.38. The fourth-order valence-electron chi connectivity index (χ4n) is 2.95. The summed E-state index contributed by atoms with van der Waals surface area (Å²) in [6, 6.07) is 0.555. The van der Waals surface area contributed by atoms with Crippen molar-refractivity contribution in [1.29, 1.82) is 0 Å². The number of aryl methyl sites for hydroxylation is 1. The van der Waals surface area contributed by atoms with E-state index in [0.717, 1.165) is 30.5 Å². The van der Waals surface area contributed by atoms with Crippen molar-refractivity contribution in [3.63, 3.8) is 0 Å². The highest BCUT2D eigenvalue weighted by Gasteiger charge is 2.22. The fraction of sp³-hybridized carbons (Fsp3) is 0.571. The number of fused-ring (bicyclic) bond motifs is 1. The third-order valence-corrected chi connectivity index (χ3v) is 4.08. The van der Waals surface area contributed by atoms with Crippen LogP contribution in [0.5, 0.6) is 0 Å². The minimum Gasteiger partial charge on any atom is -0.369 e. The molecule has 0 radical (unpaired) electrons. The monoisotopic (exact) mass is 259 g/mol. The molecule has 0 spiro atoms. The number of aromatic nitrogens is 3. The Morgan fingerprint density at radius 1 is 1.42 bits per heavy atom. The van der Waals surface area contributed by atoms with Crippen LogP contribution in [0.15, 0.2) is 12.4 Å². The average molecular weight is 259 g/mol. The molecule has 1 unspecified atom stereocenters. The maximum absolute atomic E-state index is 4.44. The third-order valence-electron chi connectivity index (χ3n) is 4.08. The molecule has 0 bridgehead atoms. The van der Waals surface area contributed by atoms with E-state index < -0.39 is 0 Å². The lowest BCUT2D eigenvalue weighted by molar-refractivity contribution is 0.445. The molecule has 5 heteroatoms. The van der Waals surface area contributed by atoms with E-state index in [9.17, 15) is 0 Å². The van der Waals surface area contributed by atoms with Gasteiger partial charge in [0.25, 0.3) is 0 Å². The van der Waals surface area contributed by atoms with Gasteiger partial charge in [-0.05, 0) is 31.4 Å². The van der Waals surface area contributed by atoms with Gasteiger partial charge in [0.2, 0.25) is 0 Å². The molecule has 1 aliphatic heterocycles. The Hall–Kier alpha value is -1.62. The second kappa shape index (κ2) is 5.17. The van der Waals surface area contributed by atoms with E-state index >= 15 is 0 Å². The number of anilines is 1. The van der Waals surface area contributed by atoms with Crippen LogP contribution in [-0.4, -0.2) is 41.4 Å². The number of likely N-dealkylation sites (N-methyl/N-ethyl adjacent to an activating group) is 1. The maximum Gasteiger partial charge on any atom is 0.157 e. The van der Waals surface area contributed by atoms with E-state index in [0.29, 0.717) is 6.04 Å². The second-order valence-electron chi connectivity index (χ2n) is 5.23. The number of aromatic amines is 1. The van der Waals surface area contributed by atoms with Gasteiger partial charge in [0, 0.05) is 25.8 Å². The van der Waals surface area contributed by atoms with Crippen molar-refractivity contribution >= 4 is 16.7 Å². The van der Waals surface area contributed by atoms with Crippen LogP contribution in [0, 0.1) is 0 Å². The smallest absolute Gasteiger partial charge is 0.157 e. The highest BCUT2D eigenvalue weighted by Crippen LogP contribution is 2.30. The number of H-pyrrole nitrogens is 1. The van der Waals surface area contributed by atoms with Crippen LogP contribution in [0.25, 0.3) is 11.0 Å². The largest absolute Gasteiger partial charge is 0.369 e. The first kappa shape index (κ1) is 12.4. The SMILES string of the molecule is CCc1cnc2[nH]ncc2c1N(C)C1CCCNC1. The van der Waals surface area contributed by atoms with E-state index in [1.807, 2.05) is 12.4 Å². The van der Waals surface area contributed by atoms with E-state index in [1.54, 1.807) is 0 Å². The van der Waals surface area contributed by atoms with E-state index in [1.165, 1.54) is 24.1 Å². The van der Waals surface area contributed by atoms with Gasteiger partial charge in [-0.2, -0.15) is 5.10 Å². The molecule has 1 aliphatic rings. The predicted molar refractivity (Wildman–Crippen MR) is 77.6 cm³/mol. The number of nitrogens with one attached hydrogen (secondary N) is 2. The molecule has 0 aliphatic carbocycles. The van der Waals surface area contributed by atoms with Crippen LogP contribution in [0.4, 0.5) is 5.69 Å². The van der Waals surface area contributed by atoms with Crippen LogP contribution in [0.1, 0.15) is 25.3 Å². The first-order valence-electron chi connectivity index (χ1n) is 7.05. The molecular weight excluding hydrogens is 238 g/mol. The number of pyridine rings is 1. The van der Waals surface area contributed by atoms with Crippen LogP contribution < -0.4 is 10.2 Å². The van der Waals surface area contributed by atoms with E-state index in [2.05, 4.69) is 39.4 Å². The van der Waals surface area contributed by atoms with Gasteiger partial charge < -0.3 is 10.2 Å². The van der Waals surface area contributed by atoms with Crippen LogP contribution >= 0.6 is 0 Å². The number of piperidine rings is 1. The molecule has 1 atom stereocenters. The lowest BCUT2D eigenvalue weighted by atomic mass is 10.0. The fourth-order valence-corrected chi connectivity index (χ4v) is 2.95. The number of hydrogen-bond donors (Lipinski definition) is 2. The summed E-state index contributed by atoms with van der Waals surface area (Å²) in [7, 11) is 2.19. The van der Waals surface area contributed by atoms with Crippen molar-refractivity contribution in [2.45, 2.75) is 32.2 Å². The zero-order valence-corrected chi connectivity index (χ0v) is 11.6. The molecule has 0 amide bonds. The topological polar surface area (TPSA) is 56.8 Å². The number of hydrogen-bond acceptors (Lipinski definition) is 4. The zero-order chi connectivity index (χ0) is 13.2. The molecule has 102 valence electrons. The molecule has 0 aromatic carbocycles. The van der Waals surface area contributed by atoms with Gasteiger partial charge in [0.1, 0.15) is 0 Å². The third kappa shape index (κ3) is 2.18. The van der Waals surface area contributed by atoms with Gasteiger partial charge in [-0.25, -0.2) is 4.98 Å². The first-order chi connectivity index (χ1) is 9.31. The van der Waals surface area contributed by atoms with Gasteiger partial charge in [-0.15, -0.1) is 0 Å². The van der Waals surface area contributed by atoms with Gasteiger partial charge in [-0.1, -0.05) is 6.92 Å². The normalized spacial score (nSPS) is 19.8. The summed E-state index contributed by atoms with van der Waals surface area (Å²) in [6.07, 6.45) is 7.35. The molecule has 0 saturated carbocycles. The Kier molecular flexibility index (Phi) is 3.38. The molecule has 2 aromatic heterocycles. The number of nitrogens with zero attached hydrogens (tertiary/aromatic N) is 3. The lowest BCUT2D eigenvalue weighted by Crippen LogP contribution is -2.44. The molecule has 19 heavy (non-hydrogen) atoms. The van der Waals surface area contributed by atoms with Gasteiger partial charge >= 0.3 is 0 Å². The van der Waals surface area contributed by atoms with Crippen molar-refractivity contribution in [1.82, 2.24) is 20.5 Å². The van der Waals surface area contributed by atoms with Gasteiger partial charge in [0.15, 0.2) is 5.65 Å². The zero-order valence-electron chi connectivity index (χ0n) is 11.6. The first-order valence-corrected chi connectivity index (χ1v) is 7.05. The summed E-state index contributed by atoms with van der Waals surface area (Å²) >= 11 is 0. The van der Waals surface area contributed by atoms with Crippen molar-refractivity contribution in [3.8, 4) is 0 Å². The second-order valence-corrected chi connectivity index (χ2v) is 5.23. The molecule has 5 nitrogen and oxygen atoms in total. The summed E-state index contributed by atoms with van der Waals surface area (Å²) < 4.78 is 0. The quantitative estimate of drug-likeness (QED) is 0.881. The summed E-state index contributed by atoms with van der Waals surface area (Å²) in [5, 5.41) is 11.7. The minimum atomic E-state index is 0.555. The Morgan fingerprint density at radius 3 is 3.05 bits per heavy atom. The maximum atomic E-state index is 4.44. The van der Waals surface area contributed by atoms with Crippen LogP contribution in [-0.2, 0) is 6.42 Å². The molecule has 3 rings (SSSR count). The lowest BCUT2D eigenvalue weighted by Gasteiger charge is -2.34. The summed E-state index contributed by atoms with van der Waals surface area (Å²) in [5.74, 6) is 0. The van der Waals surface area contributed by atoms with Crippen molar-refractivity contribution < 1.29 is 0 Å². The van der Waals surface area contributed by atoms with Crippen LogP contribution in [0.3, 0.4) is 0 Å². The molecule has 1 saturated heterocycles. The molecule has 2 N–H and O–H groups in total. The number of rotatable bonds is 3. The summed E-state index contributed by atoms with van der Waals surface area (Å²) in [4.78, 5) is 6.85. The van der Waals surface area contributed by atoms with Crippen LogP contribution in [0.2, 0.25) is 0 Å². The predicted octanol–water partition coefficient (Wildman–Crippen LogP) is 1.71. The average Bonchev–Trinajstić information content (AvgIpc) is 2.94. The molecule has 1 fully saturated rings.